The number of carbonyl (C=O) groups excluding carboxylic acids is 1. The predicted molar refractivity (Wildman–Crippen MR) is 99.2 cm³/mol. The number of unbranched alkanes of at least 4 members (excludes halogenated alkanes) is 2. The van der Waals surface area contributed by atoms with Crippen molar-refractivity contribution >= 4 is 5.91 Å². The maximum atomic E-state index is 11.4. The van der Waals surface area contributed by atoms with E-state index in [1.165, 1.54) is 18.9 Å². The molecule has 0 aromatic carbocycles. The predicted octanol–water partition coefficient (Wildman–Crippen LogP) is 4.31. The maximum Gasteiger partial charge on any atom is 0.243 e. The average molecular weight is 319 g/mol. The number of aliphatic hydroxyl groups is 1. The van der Waals surface area contributed by atoms with Gasteiger partial charge in [0.2, 0.25) is 5.91 Å². The Balaban J connectivity index is 3.77. The van der Waals surface area contributed by atoms with E-state index in [-0.39, 0.29) is 12.0 Å². The normalized spacial score (nSPS) is 14.0. The summed E-state index contributed by atoms with van der Waals surface area (Å²) in [7, 11) is 0. The fraction of sp³-hybridized carbons (Fsp3) is 0.550. The third-order valence-corrected chi connectivity index (χ3v) is 3.14. The van der Waals surface area contributed by atoms with Crippen LogP contribution in [0.2, 0.25) is 0 Å². The molecule has 23 heavy (non-hydrogen) atoms. The summed E-state index contributed by atoms with van der Waals surface area (Å²) in [5, 5.41) is 12.5. The van der Waals surface area contributed by atoms with Gasteiger partial charge in [0.15, 0.2) is 0 Å². The van der Waals surface area contributed by atoms with E-state index in [2.05, 4.69) is 26.1 Å². The highest BCUT2D eigenvalue weighted by Gasteiger charge is 1.96. The third-order valence-electron chi connectivity index (χ3n) is 3.14. The van der Waals surface area contributed by atoms with Crippen LogP contribution in [-0.4, -0.2) is 23.7 Å². The first-order chi connectivity index (χ1) is 11.1. The summed E-state index contributed by atoms with van der Waals surface area (Å²) >= 11 is 0. The van der Waals surface area contributed by atoms with Crippen LogP contribution >= 0.6 is 0 Å². The van der Waals surface area contributed by atoms with Crippen molar-refractivity contribution in [2.45, 2.75) is 59.0 Å². The van der Waals surface area contributed by atoms with E-state index in [0.29, 0.717) is 12.5 Å². The first-order valence-corrected chi connectivity index (χ1v) is 8.68. The van der Waals surface area contributed by atoms with E-state index >= 15 is 0 Å². The van der Waals surface area contributed by atoms with Crippen molar-refractivity contribution in [3.05, 3.63) is 48.6 Å². The Kier molecular flexibility index (Phi) is 14.2. The second-order valence-electron chi connectivity index (χ2n) is 6.04. The summed E-state index contributed by atoms with van der Waals surface area (Å²) in [6.07, 6.45) is 19.5. The molecule has 0 aliphatic heterocycles. The Hall–Kier alpha value is -1.61. The van der Waals surface area contributed by atoms with Crippen LogP contribution in [0.4, 0.5) is 0 Å². The number of nitrogens with one attached hydrogen (secondary N) is 1. The standard InChI is InChI=1S/C20H33NO2/c1-4-5-11-14-19(22)15-12-9-7-6-8-10-13-16-20(23)21-17-18(2)3/h7-10,12-13,15-16,18-19,22H,4-6,11,14,17H2,1-3H3,(H,21,23)/b9-7-,10-8-,15-12+,16-13+/t19-/m1/s1. The SMILES string of the molecule is CCCCC[C@@H](O)/C=C/C=C\C/C=C\C=C\C(=O)NCC(C)C. The number of hydrogen-bond donors (Lipinski definition) is 2. The summed E-state index contributed by atoms with van der Waals surface area (Å²) < 4.78 is 0. The Bertz CT molecular complexity index is 406. The molecule has 0 spiro atoms. The van der Waals surface area contributed by atoms with Gasteiger partial charge in [0, 0.05) is 12.6 Å². The summed E-state index contributed by atoms with van der Waals surface area (Å²) in [4.78, 5) is 11.4. The molecule has 0 saturated carbocycles. The Labute approximate surface area is 141 Å². The number of allylic oxidation sites excluding steroid dienone is 6. The van der Waals surface area contributed by atoms with Gasteiger partial charge in [0.05, 0.1) is 6.10 Å². The largest absolute Gasteiger partial charge is 0.389 e. The molecule has 3 heteroatoms. The van der Waals surface area contributed by atoms with Gasteiger partial charge in [-0.05, 0) is 18.8 Å². The van der Waals surface area contributed by atoms with E-state index in [9.17, 15) is 9.90 Å². The molecule has 0 rings (SSSR count). The Morgan fingerprint density at radius 2 is 1.78 bits per heavy atom. The van der Waals surface area contributed by atoms with Crippen molar-refractivity contribution in [1.82, 2.24) is 5.32 Å². The summed E-state index contributed by atoms with van der Waals surface area (Å²) in [6, 6.07) is 0. The molecule has 0 saturated heterocycles. The molecule has 1 atom stereocenters. The van der Waals surface area contributed by atoms with Crippen LogP contribution in [-0.2, 0) is 4.79 Å². The zero-order valence-corrected chi connectivity index (χ0v) is 14.9. The number of rotatable bonds is 12. The summed E-state index contributed by atoms with van der Waals surface area (Å²) in [5.41, 5.74) is 0. The van der Waals surface area contributed by atoms with Gasteiger partial charge in [0.25, 0.3) is 0 Å². The van der Waals surface area contributed by atoms with Crippen LogP contribution < -0.4 is 5.32 Å². The molecule has 0 aromatic heterocycles. The molecule has 0 aromatic rings. The lowest BCUT2D eigenvalue weighted by atomic mass is 10.1. The van der Waals surface area contributed by atoms with Crippen molar-refractivity contribution in [1.29, 1.82) is 0 Å². The monoisotopic (exact) mass is 319 g/mol. The highest BCUT2D eigenvalue weighted by atomic mass is 16.3. The third kappa shape index (κ3) is 16.6. The van der Waals surface area contributed by atoms with Gasteiger partial charge >= 0.3 is 0 Å². The highest BCUT2D eigenvalue weighted by molar-refractivity contribution is 5.87. The molecule has 130 valence electrons. The van der Waals surface area contributed by atoms with Crippen LogP contribution in [0.25, 0.3) is 0 Å². The molecule has 0 radical (unpaired) electrons. The number of hydrogen-bond acceptors (Lipinski definition) is 2. The molecule has 0 fully saturated rings. The summed E-state index contributed by atoms with van der Waals surface area (Å²) in [6.45, 7) is 6.99. The summed E-state index contributed by atoms with van der Waals surface area (Å²) in [5.74, 6) is 0.408. The molecule has 0 unspecified atom stereocenters. The molecular formula is C20H33NO2. The fourth-order valence-electron chi connectivity index (χ4n) is 1.79. The Morgan fingerprint density at radius 3 is 2.43 bits per heavy atom. The fourth-order valence-corrected chi connectivity index (χ4v) is 1.79. The van der Waals surface area contributed by atoms with E-state index < -0.39 is 0 Å². The van der Waals surface area contributed by atoms with Crippen molar-refractivity contribution in [2.75, 3.05) is 6.54 Å². The molecule has 0 aliphatic rings. The lowest BCUT2D eigenvalue weighted by Crippen LogP contribution is -2.25. The molecule has 0 aliphatic carbocycles. The maximum absolute atomic E-state index is 11.4. The van der Waals surface area contributed by atoms with Gasteiger partial charge in [-0.3, -0.25) is 4.79 Å². The van der Waals surface area contributed by atoms with Crippen molar-refractivity contribution in [3.63, 3.8) is 0 Å². The van der Waals surface area contributed by atoms with Crippen LogP contribution in [0.5, 0.6) is 0 Å². The van der Waals surface area contributed by atoms with E-state index in [0.717, 1.165) is 19.3 Å². The molecular weight excluding hydrogens is 286 g/mol. The molecule has 0 heterocycles. The molecule has 3 nitrogen and oxygen atoms in total. The lowest BCUT2D eigenvalue weighted by molar-refractivity contribution is -0.116. The van der Waals surface area contributed by atoms with Gasteiger partial charge in [0.1, 0.15) is 0 Å². The van der Waals surface area contributed by atoms with Crippen LogP contribution in [0, 0.1) is 5.92 Å². The van der Waals surface area contributed by atoms with Gasteiger partial charge in [-0.15, -0.1) is 0 Å². The topological polar surface area (TPSA) is 49.3 Å². The molecule has 2 N–H and O–H groups in total. The highest BCUT2D eigenvalue weighted by Crippen LogP contribution is 2.04. The van der Waals surface area contributed by atoms with E-state index in [4.69, 9.17) is 0 Å². The van der Waals surface area contributed by atoms with Crippen LogP contribution in [0.1, 0.15) is 52.9 Å². The molecule has 0 bridgehead atoms. The number of carbonyl (C=O) groups is 1. The van der Waals surface area contributed by atoms with Gasteiger partial charge in [-0.1, -0.05) is 82.6 Å². The van der Waals surface area contributed by atoms with Crippen molar-refractivity contribution < 1.29 is 9.90 Å². The van der Waals surface area contributed by atoms with Crippen LogP contribution in [0.3, 0.4) is 0 Å². The number of amides is 1. The van der Waals surface area contributed by atoms with Crippen LogP contribution in [0.15, 0.2) is 48.6 Å². The zero-order valence-electron chi connectivity index (χ0n) is 14.9. The first-order valence-electron chi connectivity index (χ1n) is 8.68. The van der Waals surface area contributed by atoms with E-state index in [1.807, 2.05) is 36.5 Å². The Morgan fingerprint density at radius 1 is 1.09 bits per heavy atom. The molecule has 1 amide bonds. The average Bonchev–Trinajstić information content (AvgIpc) is 2.51. The smallest absolute Gasteiger partial charge is 0.243 e. The van der Waals surface area contributed by atoms with Crippen molar-refractivity contribution in [3.8, 4) is 0 Å². The quantitative estimate of drug-likeness (QED) is 0.320. The van der Waals surface area contributed by atoms with E-state index in [1.54, 1.807) is 6.08 Å². The van der Waals surface area contributed by atoms with Gasteiger partial charge in [-0.25, -0.2) is 0 Å². The van der Waals surface area contributed by atoms with Crippen molar-refractivity contribution in [2.24, 2.45) is 5.92 Å². The first kappa shape index (κ1) is 21.4. The minimum absolute atomic E-state index is 0.0566. The lowest BCUT2D eigenvalue weighted by Gasteiger charge is -2.03. The second kappa shape index (κ2) is 15.3. The zero-order chi connectivity index (χ0) is 17.3. The minimum Gasteiger partial charge on any atom is -0.389 e. The second-order valence-corrected chi connectivity index (χ2v) is 6.04. The number of aliphatic hydroxyl groups excluding tert-OH is 1. The van der Waals surface area contributed by atoms with Gasteiger partial charge in [-0.2, -0.15) is 0 Å². The minimum atomic E-state index is -0.339. The van der Waals surface area contributed by atoms with Gasteiger partial charge < -0.3 is 10.4 Å².